The average molecular weight is 433 g/mol. The SMILES string of the molecule is O=C(CSc1nnc(/C=C/c2ccccc2)c(=O)[nH]1)Nc1cc(Cl)ccc1Cl. The van der Waals surface area contributed by atoms with E-state index in [9.17, 15) is 9.59 Å². The lowest BCUT2D eigenvalue weighted by molar-refractivity contribution is -0.113. The molecule has 6 nitrogen and oxygen atoms in total. The number of halogens is 2. The number of hydrogen-bond donors (Lipinski definition) is 2. The summed E-state index contributed by atoms with van der Waals surface area (Å²) < 4.78 is 0. The number of nitrogens with zero attached hydrogens (tertiary/aromatic N) is 2. The second-order valence-electron chi connectivity index (χ2n) is 5.55. The Morgan fingerprint density at radius 1 is 1.11 bits per heavy atom. The van der Waals surface area contributed by atoms with Gasteiger partial charge in [0, 0.05) is 5.02 Å². The lowest BCUT2D eigenvalue weighted by Crippen LogP contribution is -2.17. The van der Waals surface area contributed by atoms with Crippen LogP contribution in [0, 0.1) is 0 Å². The predicted molar refractivity (Wildman–Crippen MR) is 114 cm³/mol. The van der Waals surface area contributed by atoms with E-state index < -0.39 is 0 Å². The molecule has 0 unspecified atom stereocenters. The Balaban J connectivity index is 1.60. The van der Waals surface area contributed by atoms with Crippen molar-refractivity contribution in [2.75, 3.05) is 11.1 Å². The normalized spacial score (nSPS) is 10.9. The Bertz CT molecular complexity index is 1070. The molecule has 28 heavy (non-hydrogen) atoms. The summed E-state index contributed by atoms with van der Waals surface area (Å²) in [5, 5.41) is 11.6. The van der Waals surface area contributed by atoms with E-state index in [1.54, 1.807) is 30.4 Å². The summed E-state index contributed by atoms with van der Waals surface area (Å²) in [6, 6.07) is 14.3. The number of aromatic amines is 1. The fraction of sp³-hybridized carbons (Fsp3) is 0.0526. The Morgan fingerprint density at radius 3 is 2.64 bits per heavy atom. The minimum atomic E-state index is -0.386. The van der Waals surface area contributed by atoms with Crippen LogP contribution in [0.2, 0.25) is 10.0 Å². The molecule has 0 atom stereocenters. The van der Waals surface area contributed by atoms with Crippen LogP contribution >= 0.6 is 35.0 Å². The van der Waals surface area contributed by atoms with Gasteiger partial charge in [0.2, 0.25) is 5.91 Å². The average Bonchev–Trinajstić information content (AvgIpc) is 2.69. The highest BCUT2D eigenvalue weighted by Crippen LogP contribution is 2.25. The van der Waals surface area contributed by atoms with Gasteiger partial charge in [-0.3, -0.25) is 14.6 Å². The van der Waals surface area contributed by atoms with Gasteiger partial charge in [-0.2, -0.15) is 0 Å². The molecule has 0 aliphatic rings. The summed E-state index contributed by atoms with van der Waals surface area (Å²) >= 11 is 13.0. The number of carbonyl (C=O) groups is 1. The van der Waals surface area contributed by atoms with Gasteiger partial charge in [-0.15, -0.1) is 10.2 Å². The predicted octanol–water partition coefficient (Wildman–Crippen LogP) is 4.37. The Morgan fingerprint density at radius 2 is 1.89 bits per heavy atom. The van der Waals surface area contributed by atoms with Crippen molar-refractivity contribution < 1.29 is 4.79 Å². The van der Waals surface area contributed by atoms with Crippen LogP contribution in [0.4, 0.5) is 5.69 Å². The van der Waals surface area contributed by atoms with Gasteiger partial charge < -0.3 is 5.32 Å². The molecule has 0 spiro atoms. The number of aromatic nitrogens is 3. The third-order valence-electron chi connectivity index (χ3n) is 3.48. The molecule has 2 N–H and O–H groups in total. The highest BCUT2D eigenvalue weighted by Gasteiger charge is 2.09. The molecular formula is C19H14Cl2N4O2S. The van der Waals surface area contributed by atoms with Crippen LogP contribution in [-0.4, -0.2) is 26.8 Å². The molecule has 142 valence electrons. The first-order valence-electron chi connectivity index (χ1n) is 8.09. The molecule has 0 saturated carbocycles. The quantitative estimate of drug-likeness (QED) is 0.564. The molecule has 0 aliphatic carbocycles. The molecule has 3 rings (SSSR count). The Hall–Kier alpha value is -2.61. The van der Waals surface area contributed by atoms with E-state index in [1.807, 2.05) is 30.3 Å². The largest absolute Gasteiger partial charge is 0.324 e. The van der Waals surface area contributed by atoms with Crippen molar-refractivity contribution in [3.05, 3.63) is 80.2 Å². The fourth-order valence-electron chi connectivity index (χ4n) is 2.16. The van der Waals surface area contributed by atoms with Crippen LogP contribution in [0.1, 0.15) is 11.3 Å². The van der Waals surface area contributed by atoms with E-state index in [0.717, 1.165) is 17.3 Å². The highest BCUT2D eigenvalue weighted by molar-refractivity contribution is 7.99. The molecule has 2 aromatic carbocycles. The van der Waals surface area contributed by atoms with Crippen LogP contribution in [0.5, 0.6) is 0 Å². The zero-order chi connectivity index (χ0) is 19.9. The molecule has 1 heterocycles. The van der Waals surface area contributed by atoms with E-state index in [0.29, 0.717) is 15.7 Å². The molecule has 0 bridgehead atoms. The summed E-state index contributed by atoms with van der Waals surface area (Å²) in [4.78, 5) is 26.8. The Labute approximate surface area is 175 Å². The maximum atomic E-state index is 12.1. The van der Waals surface area contributed by atoms with Crippen molar-refractivity contribution >= 4 is 58.7 Å². The summed E-state index contributed by atoms with van der Waals surface area (Å²) in [5.74, 6) is -0.294. The molecule has 1 aromatic heterocycles. The number of hydrogen-bond acceptors (Lipinski definition) is 5. The summed E-state index contributed by atoms with van der Waals surface area (Å²) in [6.07, 6.45) is 3.36. The molecule has 0 fully saturated rings. The zero-order valence-electron chi connectivity index (χ0n) is 14.4. The van der Waals surface area contributed by atoms with Crippen LogP contribution in [0.15, 0.2) is 58.5 Å². The number of thioether (sulfide) groups is 1. The number of amides is 1. The monoisotopic (exact) mass is 432 g/mol. The molecule has 1 amide bonds. The van der Waals surface area contributed by atoms with Gasteiger partial charge in [-0.05, 0) is 29.8 Å². The second kappa shape index (κ2) is 9.54. The minimum Gasteiger partial charge on any atom is -0.324 e. The first-order chi connectivity index (χ1) is 13.5. The van der Waals surface area contributed by atoms with Gasteiger partial charge in [0.05, 0.1) is 16.5 Å². The second-order valence-corrected chi connectivity index (χ2v) is 7.36. The van der Waals surface area contributed by atoms with Gasteiger partial charge in [0.25, 0.3) is 5.56 Å². The molecule has 0 saturated heterocycles. The van der Waals surface area contributed by atoms with E-state index in [2.05, 4.69) is 20.5 Å². The third kappa shape index (κ3) is 5.69. The maximum Gasteiger partial charge on any atom is 0.277 e. The number of benzene rings is 2. The third-order valence-corrected chi connectivity index (χ3v) is 4.91. The smallest absolute Gasteiger partial charge is 0.277 e. The summed E-state index contributed by atoms with van der Waals surface area (Å²) in [5.41, 5.74) is 1.16. The van der Waals surface area contributed by atoms with Gasteiger partial charge in [0.1, 0.15) is 0 Å². The number of anilines is 1. The van der Waals surface area contributed by atoms with Crippen molar-refractivity contribution in [1.29, 1.82) is 0 Å². The van der Waals surface area contributed by atoms with Crippen LogP contribution in [-0.2, 0) is 4.79 Å². The topological polar surface area (TPSA) is 87.7 Å². The van der Waals surface area contributed by atoms with Crippen LogP contribution < -0.4 is 10.9 Å². The van der Waals surface area contributed by atoms with Gasteiger partial charge in [0.15, 0.2) is 10.9 Å². The highest BCUT2D eigenvalue weighted by atomic mass is 35.5. The van der Waals surface area contributed by atoms with Crippen molar-refractivity contribution in [1.82, 2.24) is 15.2 Å². The van der Waals surface area contributed by atoms with Crippen LogP contribution in [0.25, 0.3) is 12.2 Å². The lowest BCUT2D eigenvalue weighted by atomic mass is 10.2. The fourth-order valence-corrected chi connectivity index (χ4v) is 3.10. The Kier molecular flexibility index (Phi) is 6.86. The molecule has 0 radical (unpaired) electrons. The van der Waals surface area contributed by atoms with E-state index in [-0.39, 0.29) is 28.1 Å². The zero-order valence-corrected chi connectivity index (χ0v) is 16.7. The van der Waals surface area contributed by atoms with E-state index >= 15 is 0 Å². The molecule has 9 heteroatoms. The van der Waals surface area contributed by atoms with Crippen molar-refractivity contribution in [2.45, 2.75) is 5.16 Å². The lowest BCUT2D eigenvalue weighted by Gasteiger charge is -2.07. The number of H-pyrrole nitrogens is 1. The first kappa shape index (κ1) is 20.1. The van der Waals surface area contributed by atoms with Crippen molar-refractivity contribution in [3.63, 3.8) is 0 Å². The number of rotatable bonds is 6. The number of carbonyl (C=O) groups excluding carboxylic acids is 1. The maximum absolute atomic E-state index is 12.1. The van der Waals surface area contributed by atoms with Gasteiger partial charge >= 0.3 is 0 Å². The van der Waals surface area contributed by atoms with Gasteiger partial charge in [-0.25, -0.2) is 0 Å². The standard InChI is InChI=1S/C19H14Cl2N4O2S/c20-13-7-8-14(21)16(10-13)22-17(26)11-28-19-23-18(27)15(24-25-19)9-6-12-4-2-1-3-5-12/h1-10H,11H2,(H,22,26)(H,23,25,27)/b9-6+. The van der Waals surface area contributed by atoms with Crippen molar-refractivity contribution in [2.24, 2.45) is 0 Å². The molecular weight excluding hydrogens is 419 g/mol. The first-order valence-corrected chi connectivity index (χ1v) is 9.83. The van der Waals surface area contributed by atoms with E-state index in [1.165, 1.54) is 0 Å². The summed E-state index contributed by atoms with van der Waals surface area (Å²) in [7, 11) is 0. The van der Waals surface area contributed by atoms with Crippen LogP contribution in [0.3, 0.4) is 0 Å². The minimum absolute atomic E-state index is 0.0205. The molecule has 0 aliphatic heterocycles. The van der Waals surface area contributed by atoms with Crippen molar-refractivity contribution in [3.8, 4) is 0 Å². The number of nitrogens with one attached hydrogen (secondary N) is 2. The van der Waals surface area contributed by atoms with Gasteiger partial charge in [-0.1, -0.05) is 71.4 Å². The van der Waals surface area contributed by atoms with E-state index in [4.69, 9.17) is 23.2 Å². The molecule has 3 aromatic rings. The summed E-state index contributed by atoms with van der Waals surface area (Å²) in [6.45, 7) is 0.